The minimum absolute atomic E-state index is 0.0804. The topological polar surface area (TPSA) is 49.8 Å². The van der Waals surface area contributed by atoms with E-state index in [-0.39, 0.29) is 5.54 Å². The molecule has 22 heavy (non-hydrogen) atoms. The molecule has 0 saturated carbocycles. The van der Waals surface area contributed by atoms with Crippen molar-refractivity contribution in [2.75, 3.05) is 10.6 Å². The molecule has 1 heterocycles. The molecule has 0 radical (unpaired) electrons. The lowest BCUT2D eigenvalue weighted by molar-refractivity contribution is 0.626. The molecule has 0 fully saturated rings. The van der Waals surface area contributed by atoms with Crippen LogP contribution in [0.25, 0.3) is 11.3 Å². The molecule has 1 aromatic carbocycles. The van der Waals surface area contributed by atoms with Crippen LogP contribution in [0.5, 0.6) is 0 Å². The summed E-state index contributed by atoms with van der Waals surface area (Å²) in [6.45, 7) is 10.6. The quantitative estimate of drug-likeness (QED) is 0.849. The predicted octanol–water partition coefficient (Wildman–Crippen LogP) is 4.56. The molecule has 2 aromatic rings. The van der Waals surface area contributed by atoms with E-state index in [0.717, 1.165) is 23.5 Å². The average Bonchev–Trinajstić information content (AvgIpc) is 2.46. The van der Waals surface area contributed by atoms with Gasteiger partial charge in [-0.1, -0.05) is 37.3 Å². The normalized spacial score (nSPS) is 12.8. The number of benzene rings is 1. The number of nitrogens with one attached hydrogen (secondary N) is 2. The summed E-state index contributed by atoms with van der Waals surface area (Å²) in [5.74, 6) is 1.51. The second kappa shape index (κ2) is 6.77. The van der Waals surface area contributed by atoms with Gasteiger partial charge in [-0.05, 0) is 34.1 Å². The summed E-state index contributed by atoms with van der Waals surface area (Å²) in [6, 6.07) is 12.6. The molecule has 1 atom stereocenters. The number of aromatic nitrogens is 2. The first-order valence-corrected chi connectivity index (χ1v) is 7.86. The summed E-state index contributed by atoms with van der Waals surface area (Å²) in [7, 11) is 0. The molecular formula is C18H26N4. The first-order chi connectivity index (χ1) is 10.4. The molecule has 1 unspecified atom stereocenters. The van der Waals surface area contributed by atoms with Gasteiger partial charge in [0.05, 0.1) is 5.69 Å². The molecule has 4 heteroatoms. The second-order valence-corrected chi connectivity index (χ2v) is 6.66. The highest BCUT2D eigenvalue weighted by molar-refractivity contribution is 5.64. The fourth-order valence-electron chi connectivity index (χ4n) is 2.02. The maximum absolute atomic E-state index is 4.66. The Bertz CT molecular complexity index is 602. The summed E-state index contributed by atoms with van der Waals surface area (Å²) < 4.78 is 0. The number of nitrogens with zero attached hydrogens (tertiary/aromatic N) is 2. The summed E-state index contributed by atoms with van der Waals surface area (Å²) in [4.78, 5) is 9.26. The van der Waals surface area contributed by atoms with E-state index in [9.17, 15) is 0 Å². The lowest BCUT2D eigenvalue weighted by atomic mass is 10.1. The summed E-state index contributed by atoms with van der Waals surface area (Å²) in [5, 5.41) is 6.80. The highest BCUT2D eigenvalue weighted by atomic mass is 15.2. The van der Waals surface area contributed by atoms with E-state index in [2.05, 4.69) is 67.4 Å². The molecule has 0 aliphatic rings. The molecule has 2 rings (SSSR count). The van der Waals surface area contributed by atoms with Crippen LogP contribution in [0.4, 0.5) is 11.8 Å². The van der Waals surface area contributed by atoms with Crippen molar-refractivity contribution in [3.8, 4) is 11.3 Å². The average molecular weight is 298 g/mol. The lowest BCUT2D eigenvalue weighted by Crippen LogP contribution is -2.27. The Morgan fingerprint density at radius 1 is 1.09 bits per heavy atom. The Labute approximate surface area is 133 Å². The van der Waals surface area contributed by atoms with Crippen molar-refractivity contribution >= 4 is 11.8 Å². The fourth-order valence-corrected chi connectivity index (χ4v) is 2.02. The van der Waals surface area contributed by atoms with Crippen LogP contribution in [-0.4, -0.2) is 21.5 Å². The van der Waals surface area contributed by atoms with E-state index in [0.29, 0.717) is 12.0 Å². The smallest absolute Gasteiger partial charge is 0.225 e. The molecule has 0 bridgehead atoms. The van der Waals surface area contributed by atoms with Crippen molar-refractivity contribution in [3.63, 3.8) is 0 Å². The Morgan fingerprint density at radius 2 is 1.77 bits per heavy atom. The Balaban J connectivity index is 2.40. The monoisotopic (exact) mass is 298 g/mol. The summed E-state index contributed by atoms with van der Waals surface area (Å²) >= 11 is 0. The lowest BCUT2D eigenvalue weighted by Gasteiger charge is -2.22. The van der Waals surface area contributed by atoms with Gasteiger partial charge in [0.25, 0.3) is 0 Å². The minimum Gasteiger partial charge on any atom is -0.367 e. The molecule has 0 aliphatic heterocycles. The van der Waals surface area contributed by atoms with E-state index in [4.69, 9.17) is 0 Å². The van der Waals surface area contributed by atoms with Crippen molar-refractivity contribution in [2.24, 2.45) is 0 Å². The number of rotatable bonds is 5. The van der Waals surface area contributed by atoms with E-state index in [1.165, 1.54) is 0 Å². The summed E-state index contributed by atoms with van der Waals surface area (Å²) in [6.07, 6.45) is 1.05. The zero-order valence-electron chi connectivity index (χ0n) is 14.1. The maximum atomic E-state index is 4.66. The van der Waals surface area contributed by atoms with Gasteiger partial charge in [-0.25, -0.2) is 4.98 Å². The molecule has 0 aliphatic carbocycles. The van der Waals surface area contributed by atoms with E-state index in [1.807, 2.05) is 24.3 Å². The Kier molecular flexibility index (Phi) is 5.01. The van der Waals surface area contributed by atoms with E-state index >= 15 is 0 Å². The standard InChI is InChI=1S/C18H26N4/c1-6-13(2)19-16-12-15(14-10-8-7-9-11-14)20-17(21-16)22-18(3,4)5/h7-13H,6H2,1-5H3,(H2,19,20,21,22). The van der Waals surface area contributed by atoms with Gasteiger partial charge in [0, 0.05) is 23.2 Å². The van der Waals surface area contributed by atoms with Crippen LogP contribution in [0.2, 0.25) is 0 Å². The van der Waals surface area contributed by atoms with Gasteiger partial charge in [0.1, 0.15) is 5.82 Å². The van der Waals surface area contributed by atoms with Gasteiger partial charge in [-0.3, -0.25) is 0 Å². The van der Waals surface area contributed by atoms with Crippen LogP contribution in [0.1, 0.15) is 41.0 Å². The summed E-state index contributed by atoms with van der Waals surface area (Å²) in [5.41, 5.74) is 1.94. The molecule has 118 valence electrons. The van der Waals surface area contributed by atoms with Crippen molar-refractivity contribution < 1.29 is 0 Å². The van der Waals surface area contributed by atoms with Gasteiger partial charge in [-0.15, -0.1) is 0 Å². The minimum atomic E-state index is -0.0804. The first kappa shape index (κ1) is 16.3. The third kappa shape index (κ3) is 4.72. The van der Waals surface area contributed by atoms with E-state index < -0.39 is 0 Å². The molecular weight excluding hydrogens is 272 g/mol. The molecule has 0 amide bonds. The van der Waals surface area contributed by atoms with Crippen molar-refractivity contribution in [2.45, 2.75) is 52.6 Å². The van der Waals surface area contributed by atoms with Crippen LogP contribution in [0.3, 0.4) is 0 Å². The number of anilines is 2. The first-order valence-electron chi connectivity index (χ1n) is 7.86. The Hall–Kier alpha value is -2.10. The van der Waals surface area contributed by atoms with Crippen LogP contribution in [0.15, 0.2) is 36.4 Å². The molecule has 2 N–H and O–H groups in total. The number of hydrogen-bond acceptors (Lipinski definition) is 4. The second-order valence-electron chi connectivity index (χ2n) is 6.66. The van der Waals surface area contributed by atoms with Gasteiger partial charge in [0.15, 0.2) is 0 Å². The predicted molar refractivity (Wildman–Crippen MR) is 94.2 cm³/mol. The van der Waals surface area contributed by atoms with Crippen LogP contribution in [0, 0.1) is 0 Å². The van der Waals surface area contributed by atoms with Gasteiger partial charge in [0.2, 0.25) is 5.95 Å². The largest absolute Gasteiger partial charge is 0.367 e. The van der Waals surface area contributed by atoms with Crippen molar-refractivity contribution in [3.05, 3.63) is 36.4 Å². The highest BCUT2D eigenvalue weighted by Gasteiger charge is 2.14. The van der Waals surface area contributed by atoms with Crippen LogP contribution >= 0.6 is 0 Å². The Morgan fingerprint density at radius 3 is 2.36 bits per heavy atom. The van der Waals surface area contributed by atoms with E-state index in [1.54, 1.807) is 0 Å². The molecule has 1 aromatic heterocycles. The van der Waals surface area contributed by atoms with Gasteiger partial charge >= 0.3 is 0 Å². The van der Waals surface area contributed by atoms with Crippen molar-refractivity contribution in [1.29, 1.82) is 0 Å². The molecule has 0 saturated heterocycles. The molecule has 4 nitrogen and oxygen atoms in total. The zero-order valence-corrected chi connectivity index (χ0v) is 14.1. The van der Waals surface area contributed by atoms with Crippen LogP contribution < -0.4 is 10.6 Å². The maximum Gasteiger partial charge on any atom is 0.225 e. The third-order valence-corrected chi connectivity index (χ3v) is 3.29. The van der Waals surface area contributed by atoms with Gasteiger partial charge in [-0.2, -0.15) is 4.98 Å². The highest BCUT2D eigenvalue weighted by Crippen LogP contribution is 2.23. The van der Waals surface area contributed by atoms with Crippen molar-refractivity contribution in [1.82, 2.24) is 9.97 Å². The fraction of sp³-hybridized carbons (Fsp3) is 0.444. The van der Waals surface area contributed by atoms with Gasteiger partial charge < -0.3 is 10.6 Å². The molecule has 0 spiro atoms. The third-order valence-electron chi connectivity index (χ3n) is 3.29. The number of hydrogen-bond donors (Lipinski definition) is 2. The SMILES string of the molecule is CCC(C)Nc1cc(-c2ccccc2)nc(NC(C)(C)C)n1. The zero-order chi connectivity index (χ0) is 16.2. The van der Waals surface area contributed by atoms with Crippen LogP contribution in [-0.2, 0) is 0 Å².